The molecule has 0 aromatic carbocycles. The van der Waals surface area contributed by atoms with Gasteiger partial charge in [0.2, 0.25) is 0 Å². The molecule has 0 spiro atoms. The van der Waals surface area contributed by atoms with Crippen molar-refractivity contribution in [2.75, 3.05) is 13.1 Å². The standard InChI is InChI=1S/C16H20F3N3S.3C2H6/c1-4-22(11(2)3)8-7-13-10-21-15(23-13)12-5-6-14(20-9-12)16(17,18)19;3*1-2/h5-6,9-11H,4,7-8H2,1-3H3;3*1-2H3. The van der Waals surface area contributed by atoms with E-state index >= 15 is 0 Å². The van der Waals surface area contributed by atoms with Crippen molar-refractivity contribution in [3.63, 3.8) is 0 Å². The van der Waals surface area contributed by atoms with E-state index in [2.05, 4.69) is 35.6 Å². The third kappa shape index (κ3) is 10.8. The van der Waals surface area contributed by atoms with Gasteiger partial charge < -0.3 is 4.90 Å². The van der Waals surface area contributed by atoms with Gasteiger partial charge in [0, 0.05) is 35.4 Å². The molecule has 168 valence electrons. The second-order valence-corrected chi connectivity index (χ2v) is 6.65. The predicted molar refractivity (Wildman–Crippen MR) is 120 cm³/mol. The number of hydrogen-bond donors (Lipinski definition) is 0. The van der Waals surface area contributed by atoms with Crippen molar-refractivity contribution in [2.45, 2.75) is 81.0 Å². The molecule has 0 amide bonds. The first-order valence-electron chi connectivity index (χ1n) is 10.5. The Balaban J connectivity index is 0. The first-order valence-corrected chi connectivity index (χ1v) is 11.3. The molecular weight excluding hydrogens is 395 g/mol. The number of alkyl halides is 3. The van der Waals surface area contributed by atoms with E-state index in [4.69, 9.17) is 0 Å². The minimum atomic E-state index is -4.41. The fourth-order valence-electron chi connectivity index (χ4n) is 2.28. The van der Waals surface area contributed by atoms with Gasteiger partial charge in [-0.15, -0.1) is 11.3 Å². The SMILES string of the molecule is CC.CC.CC.CCN(CCc1cnc(-c2ccc(C(F)(F)F)nc2)s1)C(C)C. The van der Waals surface area contributed by atoms with E-state index in [9.17, 15) is 13.2 Å². The summed E-state index contributed by atoms with van der Waals surface area (Å²) in [6, 6.07) is 2.91. The molecule has 0 aliphatic heterocycles. The largest absolute Gasteiger partial charge is 0.433 e. The average Bonchev–Trinajstić information content (AvgIpc) is 3.21. The molecule has 0 bridgehead atoms. The Morgan fingerprint density at radius 2 is 1.55 bits per heavy atom. The average molecular weight is 434 g/mol. The van der Waals surface area contributed by atoms with E-state index < -0.39 is 11.9 Å². The van der Waals surface area contributed by atoms with Crippen LogP contribution >= 0.6 is 11.3 Å². The van der Waals surface area contributed by atoms with Crippen molar-refractivity contribution in [1.82, 2.24) is 14.9 Å². The Hall–Kier alpha value is -1.47. The normalized spacial score (nSPS) is 10.4. The molecule has 29 heavy (non-hydrogen) atoms. The maximum absolute atomic E-state index is 12.5. The highest BCUT2D eigenvalue weighted by atomic mass is 32.1. The van der Waals surface area contributed by atoms with Gasteiger partial charge in [-0.05, 0) is 38.9 Å². The molecule has 0 atom stereocenters. The van der Waals surface area contributed by atoms with Crippen LogP contribution in [0.15, 0.2) is 24.5 Å². The van der Waals surface area contributed by atoms with Gasteiger partial charge in [0.1, 0.15) is 10.7 Å². The Morgan fingerprint density at radius 3 is 1.97 bits per heavy atom. The molecule has 0 unspecified atom stereocenters. The van der Waals surface area contributed by atoms with Gasteiger partial charge in [0.05, 0.1) is 0 Å². The van der Waals surface area contributed by atoms with E-state index in [1.54, 1.807) is 6.20 Å². The highest BCUT2D eigenvalue weighted by molar-refractivity contribution is 7.15. The van der Waals surface area contributed by atoms with Crippen molar-refractivity contribution < 1.29 is 13.2 Å². The minimum absolute atomic E-state index is 0.492. The van der Waals surface area contributed by atoms with Gasteiger partial charge in [-0.2, -0.15) is 13.2 Å². The third-order valence-electron chi connectivity index (χ3n) is 3.64. The summed E-state index contributed by atoms with van der Waals surface area (Å²) in [5, 5.41) is 0.703. The monoisotopic (exact) mass is 433 g/mol. The number of hydrogen-bond acceptors (Lipinski definition) is 4. The van der Waals surface area contributed by atoms with Gasteiger partial charge in [-0.3, -0.25) is 4.98 Å². The van der Waals surface area contributed by atoms with Gasteiger partial charge in [0.25, 0.3) is 0 Å². The smallest absolute Gasteiger partial charge is 0.301 e. The number of nitrogens with zero attached hydrogens (tertiary/aromatic N) is 3. The molecule has 0 fully saturated rings. The molecule has 2 heterocycles. The van der Waals surface area contributed by atoms with E-state index in [1.807, 2.05) is 41.5 Å². The number of rotatable bonds is 6. The predicted octanol–water partition coefficient (Wildman–Crippen LogP) is 7.58. The zero-order chi connectivity index (χ0) is 23.0. The van der Waals surface area contributed by atoms with Gasteiger partial charge in [0.15, 0.2) is 0 Å². The number of aromatic nitrogens is 2. The Labute approximate surface area is 179 Å². The van der Waals surface area contributed by atoms with Crippen molar-refractivity contribution in [1.29, 1.82) is 0 Å². The zero-order valence-corrected chi connectivity index (χ0v) is 20.2. The van der Waals surface area contributed by atoms with Crippen LogP contribution in [0.4, 0.5) is 13.2 Å². The second kappa shape index (κ2) is 16.3. The van der Waals surface area contributed by atoms with Crippen molar-refractivity contribution >= 4 is 11.3 Å². The maximum atomic E-state index is 12.5. The molecule has 0 saturated carbocycles. The van der Waals surface area contributed by atoms with Gasteiger partial charge in [-0.25, -0.2) is 4.98 Å². The lowest BCUT2D eigenvalue weighted by Gasteiger charge is -2.24. The molecular formula is C22H38F3N3S. The molecule has 2 rings (SSSR count). The molecule has 2 aromatic heterocycles. The van der Waals surface area contributed by atoms with Crippen molar-refractivity contribution in [2.24, 2.45) is 0 Å². The Kier molecular flexibility index (Phi) is 16.8. The molecule has 0 saturated heterocycles. The van der Waals surface area contributed by atoms with Crippen LogP contribution < -0.4 is 0 Å². The van der Waals surface area contributed by atoms with Crippen LogP contribution in [-0.4, -0.2) is 34.0 Å². The Bertz CT molecular complexity index is 623. The molecule has 2 aromatic rings. The zero-order valence-electron chi connectivity index (χ0n) is 19.4. The van der Waals surface area contributed by atoms with Crippen molar-refractivity contribution in [3.05, 3.63) is 35.1 Å². The molecule has 7 heteroatoms. The summed E-state index contributed by atoms with van der Waals surface area (Å²) in [5.74, 6) is 0. The summed E-state index contributed by atoms with van der Waals surface area (Å²) < 4.78 is 37.6. The van der Waals surface area contributed by atoms with Crippen LogP contribution in [0.25, 0.3) is 10.6 Å². The minimum Gasteiger partial charge on any atom is -0.301 e. The van der Waals surface area contributed by atoms with Crippen LogP contribution in [0.5, 0.6) is 0 Å². The first-order chi connectivity index (χ1) is 13.8. The lowest BCUT2D eigenvalue weighted by Crippen LogP contribution is -2.32. The fourth-order valence-corrected chi connectivity index (χ4v) is 3.17. The lowest BCUT2D eigenvalue weighted by atomic mass is 10.2. The molecule has 0 radical (unpaired) electrons. The van der Waals surface area contributed by atoms with Gasteiger partial charge in [-0.1, -0.05) is 48.5 Å². The van der Waals surface area contributed by atoms with Crippen LogP contribution in [0.1, 0.15) is 72.9 Å². The van der Waals surface area contributed by atoms with E-state index in [0.29, 0.717) is 16.6 Å². The van der Waals surface area contributed by atoms with Crippen LogP contribution in [-0.2, 0) is 12.6 Å². The molecule has 0 N–H and O–H groups in total. The maximum Gasteiger partial charge on any atom is 0.433 e. The van der Waals surface area contributed by atoms with Crippen molar-refractivity contribution in [3.8, 4) is 10.6 Å². The molecule has 0 aliphatic rings. The third-order valence-corrected chi connectivity index (χ3v) is 4.74. The first kappa shape index (κ1) is 29.7. The summed E-state index contributed by atoms with van der Waals surface area (Å²) in [7, 11) is 0. The second-order valence-electron chi connectivity index (χ2n) is 5.53. The summed E-state index contributed by atoms with van der Waals surface area (Å²) in [4.78, 5) is 11.3. The summed E-state index contributed by atoms with van der Waals surface area (Å²) in [6.07, 6.45) is -0.492. The number of pyridine rings is 1. The topological polar surface area (TPSA) is 29.0 Å². The molecule has 0 aliphatic carbocycles. The fraction of sp³-hybridized carbons (Fsp3) is 0.636. The summed E-state index contributed by atoms with van der Waals surface area (Å²) in [6.45, 7) is 20.4. The van der Waals surface area contributed by atoms with Crippen LogP contribution in [0.2, 0.25) is 0 Å². The summed E-state index contributed by atoms with van der Waals surface area (Å²) >= 11 is 1.50. The van der Waals surface area contributed by atoms with E-state index in [-0.39, 0.29) is 0 Å². The van der Waals surface area contributed by atoms with Gasteiger partial charge >= 0.3 is 6.18 Å². The van der Waals surface area contributed by atoms with Crippen LogP contribution in [0, 0.1) is 0 Å². The molecule has 3 nitrogen and oxygen atoms in total. The Morgan fingerprint density at radius 1 is 0.966 bits per heavy atom. The van der Waals surface area contributed by atoms with E-state index in [1.165, 1.54) is 23.6 Å². The quantitative estimate of drug-likeness (QED) is 0.470. The highest BCUT2D eigenvalue weighted by Crippen LogP contribution is 2.30. The number of thiazole rings is 1. The van der Waals surface area contributed by atoms with E-state index in [0.717, 1.165) is 30.5 Å². The summed E-state index contributed by atoms with van der Waals surface area (Å²) in [5.41, 5.74) is -0.265. The highest BCUT2D eigenvalue weighted by Gasteiger charge is 2.32. The van der Waals surface area contributed by atoms with Crippen LogP contribution in [0.3, 0.4) is 0 Å². The number of halogens is 3. The lowest BCUT2D eigenvalue weighted by molar-refractivity contribution is -0.141. The number of likely N-dealkylation sites (N-methyl/N-ethyl adjacent to an activating group) is 1.